The van der Waals surface area contributed by atoms with E-state index in [0.29, 0.717) is 23.3 Å². The molecule has 0 amide bonds. The van der Waals surface area contributed by atoms with E-state index in [9.17, 15) is 9.59 Å². The monoisotopic (exact) mass is 441 g/mol. The largest absolute Gasteiger partial charge is 0.497 e. The van der Waals surface area contributed by atoms with Gasteiger partial charge in [0.15, 0.2) is 0 Å². The third kappa shape index (κ3) is 5.50. The number of benzene rings is 1. The highest BCUT2D eigenvalue weighted by Crippen LogP contribution is 2.27. The van der Waals surface area contributed by atoms with Gasteiger partial charge in [0.1, 0.15) is 5.75 Å². The van der Waals surface area contributed by atoms with Crippen molar-refractivity contribution < 1.29 is 23.8 Å². The molecule has 0 saturated carbocycles. The molecule has 2 heterocycles. The van der Waals surface area contributed by atoms with Crippen molar-refractivity contribution in [2.75, 3.05) is 34.5 Å². The summed E-state index contributed by atoms with van der Waals surface area (Å²) in [5.74, 6) is 0.218. The van der Waals surface area contributed by atoms with E-state index >= 15 is 0 Å². The van der Waals surface area contributed by atoms with Gasteiger partial charge in [0.2, 0.25) is 6.79 Å². The van der Waals surface area contributed by atoms with Crippen LogP contribution in [-0.2, 0) is 20.7 Å². The van der Waals surface area contributed by atoms with E-state index in [1.165, 1.54) is 4.57 Å². The molecule has 0 unspecified atom stereocenters. The van der Waals surface area contributed by atoms with Gasteiger partial charge in [-0.2, -0.15) is 0 Å². The third-order valence-corrected chi connectivity index (χ3v) is 5.27. The molecule has 1 aromatic carbocycles. The van der Waals surface area contributed by atoms with Crippen molar-refractivity contribution in [1.29, 1.82) is 0 Å². The fourth-order valence-corrected chi connectivity index (χ4v) is 3.43. The Kier molecular flexibility index (Phi) is 7.58. The second-order valence-corrected chi connectivity index (χ2v) is 8.20. The van der Waals surface area contributed by atoms with Crippen LogP contribution in [0.25, 0.3) is 10.9 Å². The Morgan fingerprint density at radius 2 is 1.97 bits per heavy atom. The average molecular weight is 442 g/mol. The maximum absolute atomic E-state index is 12.7. The van der Waals surface area contributed by atoms with Crippen molar-refractivity contribution >= 4 is 23.0 Å². The van der Waals surface area contributed by atoms with Crippen molar-refractivity contribution in [3.8, 4) is 5.75 Å². The number of likely N-dealkylation sites (N-methyl/N-ethyl adjacent to an activating group) is 1. The molecule has 0 N–H and O–H groups in total. The Morgan fingerprint density at radius 3 is 2.66 bits per heavy atom. The van der Waals surface area contributed by atoms with Crippen LogP contribution in [0.2, 0.25) is 0 Å². The molecule has 1 aliphatic heterocycles. The van der Waals surface area contributed by atoms with E-state index in [2.05, 4.69) is 4.90 Å². The Morgan fingerprint density at radius 1 is 1.19 bits per heavy atom. The summed E-state index contributed by atoms with van der Waals surface area (Å²) in [6.45, 7) is 4.44. The molecule has 1 aliphatic rings. The topological polar surface area (TPSA) is 73.2 Å². The molecule has 8 nitrogen and oxygen atoms in total. The first-order valence-corrected chi connectivity index (χ1v) is 10.6. The summed E-state index contributed by atoms with van der Waals surface area (Å²) in [7, 11) is 5.61. The molecule has 0 saturated heterocycles. The summed E-state index contributed by atoms with van der Waals surface area (Å²) in [5.41, 5.74) is 2.24. The Hall–Kier alpha value is -3.26. The van der Waals surface area contributed by atoms with E-state index < -0.39 is 18.9 Å². The zero-order valence-corrected chi connectivity index (χ0v) is 19.3. The molecule has 172 valence electrons. The lowest BCUT2D eigenvalue weighted by Gasteiger charge is -2.24. The Balaban J connectivity index is 1.68. The minimum Gasteiger partial charge on any atom is -0.497 e. The first kappa shape index (κ1) is 23.4. The number of allylic oxidation sites excluding steroid dienone is 1. The van der Waals surface area contributed by atoms with Crippen LogP contribution in [0.1, 0.15) is 25.8 Å². The number of esters is 1. The minimum absolute atomic E-state index is 0.231. The van der Waals surface area contributed by atoms with Gasteiger partial charge in [0.25, 0.3) is 0 Å². The second-order valence-electron chi connectivity index (χ2n) is 8.20. The molecule has 0 radical (unpaired) electrons. The van der Waals surface area contributed by atoms with E-state index in [1.807, 2.05) is 57.3 Å². The summed E-state index contributed by atoms with van der Waals surface area (Å²) < 4.78 is 17.2. The number of fused-ring (bicyclic) bond motifs is 1. The highest BCUT2D eigenvalue weighted by atomic mass is 16.7. The van der Waals surface area contributed by atoms with Gasteiger partial charge in [0, 0.05) is 43.0 Å². The molecule has 1 aromatic heterocycles. The SMILES string of the molecule is COc1ccc2c(c1)c(CCN(C)C)cn2C(=O)OCOC(=O)C1=CN(C(C)C)C=CC1. The number of nitrogens with zero attached hydrogens (tertiary/aromatic N) is 3. The van der Waals surface area contributed by atoms with Crippen molar-refractivity contribution in [3.63, 3.8) is 0 Å². The average Bonchev–Trinajstić information content (AvgIpc) is 3.15. The standard InChI is InChI=1S/C24H31N3O5/c1-17(2)26-11-6-7-19(14-26)23(28)31-16-32-24(29)27-15-18(10-12-25(3)4)21-13-20(30-5)8-9-22(21)27/h6,8-9,11,13-15,17H,7,10,12,16H2,1-5H3. The normalized spacial score (nSPS) is 13.6. The summed E-state index contributed by atoms with van der Waals surface area (Å²) >= 11 is 0. The van der Waals surface area contributed by atoms with Crippen LogP contribution in [0.3, 0.4) is 0 Å². The number of hydrogen-bond acceptors (Lipinski definition) is 7. The van der Waals surface area contributed by atoms with Crippen LogP contribution in [0.4, 0.5) is 4.79 Å². The number of methoxy groups -OCH3 is 1. The van der Waals surface area contributed by atoms with Crippen LogP contribution in [0.15, 0.2) is 48.4 Å². The maximum atomic E-state index is 12.7. The van der Waals surface area contributed by atoms with Gasteiger partial charge in [-0.1, -0.05) is 6.08 Å². The van der Waals surface area contributed by atoms with Gasteiger partial charge < -0.3 is 24.0 Å². The van der Waals surface area contributed by atoms with E-state index in [-0.39, 0.29) is 6.04 Å². The van der Waals surface area contributed by atoms with Crippen molar-refractivity contribution in [2.24, 2.45) is 0 Å². The fraction of sp³-hybridized carbons (Fsp3) is 0.417. The fourth-order valence-electron chi connectivity index (χ4n) is 3.43. The molecule has 0 atom stereocenters. The van der Waals surface area contributed by atoms with Crippen LogP contribution >= 0.6 is 0 Å². The molecular formula is C24H31N3O5. The molecular weight excluding hydrogens is 410 g/mol. The molecule has 0 spiro atoms. The number of hydrogen-bond donors (Lipinski definition) is 0. The second kappa shape index (κ2) is 10.4. The van der Waals surface area contributed by atoms with Crippen LogP contribution < -0.4 is 4.74 Å². The zero-order chi connectivity index (χ0) is 23.3. The van der Waals surface area contributed by atoms with Gasteiger partial charge in [-0.3, -0.25) is 4.57 Å². The Labute approximate surface area is 188 Å². The molecule has 0 fully saturated rings. The molecule has 3 rings (SSSR count). The van der Waals surface area contributed by atoms with Gasteiger partial charge in [-0.25, -0.2) is 9.59 Å². The van der Waals surface area contributed by atoms with Gasteiger partial charge in [-0.15, -0.1) is 0 Å². The first-order valence-electron chi connectivity index (χ1n) is 10.6. The lowest BCUT2D eigenvalue weighted by Crippen LogP contribution is -2.24. The number of rotatable bonds is 8. The van der Waals surface area contributed by atoms with Crippen LogP contribution in [-0.4, -0.2) is 67.0 Å². The lowest BCUT2D eigenvalue weighted by atomic mass is 10.1. The highest BCUT2D eigenvalue weighted by Gasteiger charge is 2.19. The maximum Gasteiger partial charge on any atom is 0.421 e. The minimum atomic E-state index is -0.606. The number of carbonyl (C=O) groups is 2. The van der Waals surface area contributed by atoms with Gasteiger partial charge in [-0.05, 0) is 58.1 Å². The van der Waals surface area contributed by atoms with Crippen molar-refractivity contribution in [3.05, 3.63) is 54.0 Å². The van der Waals surface area contributed by atoms with Crippen LogP contribution in [0, 0.1) is 0 Å². The molecule has 8 heteroatoms. The van der Waals surface area contributed by atoms with Crippen molar-refractivity contribution in [2.45, 2.75) is 32.7 Å². The number of ether oxygens (including phenoxy) is 3. The molecule has 0 bridgehead atoms. The third-order valence-electron chi connectivity index (χ3n) is 5.27. The van der Waals surface area contributed by atoms with Gasteiger partial charge in [0.05, 0.1) is 18.2 Å². The van der Waals surface area contributed by atoms with Gasteiger partial charge >= 0.3 is 12.1 Å². The molecule has 32 heavy (non-hydrogen) atoms. The van der Waals surface area contributed by atoms with E-state index in [0.717, 1.165) is 23.9 Å². The molecule has 0 aliphatic carbocycles. The Bertz CT molecular complexity index is 1040. The first-order chi connectivity index (χ1) is 15.3. The summed E-state index contributed by atoms with van der Waals surface area (Å²) in [6.07, 6.45) is 8.01. The number of aromatic nitrogens is 1. The summed E-state index contributed by atoms with van der Waals surface area (Å²) in [4.78, 5) is 29.1. The highest BCUT2D eigenvalue weighted by molar-refractivity contribution is 5.93. The quantitative estimate of drug-likeness (QED) is 0.456. The molecule has 2 aromatic rings. The number of carbonyl (C=O) groups excluding carboxylic acids is 2. The van der Waals surface area contributed by atoms with E-state index in [1.54, 1.807) is 25.6 Å². The summed E-state index contributed by atoms with van der Waals surface area (Å²) in [5, 5.41) is 0.924. The summed E-state index contributed by atoms with van der Waals surface area (Å²) in [6, 6.07) is 5.76. The zero-order valence-electron chi connectivity index (χ0n) is 19.3. The van der Waals surface area contributed by atoms with Crippen molar-refractivity contribution in [1.82, 2.24) is 14.4 Å². The predicted octanol–water partition coefficient (Wildman–Crippen LogP) is 3.75. The predicted molar refractivity (Wildman–Crippen MR) is 122 cm³/mol. The lowest BCUT2D eigenvalue weighted by molar-refractivity contribution is -0.147. The smallest absolute Gasteiger partial charge is 0.421 e. The van der Waals surface area contributed by atoms with E-state index in [4.69, 9.17) is 14.2 Å². The van der Waals surface area contributed by atoms with Crippen LogP contribution in [0.5, 0.6) is 5.75 Å².